The summed E-state index contributed by atoms with van der Waals surface area (Å²) in [6.45, 7) is 4.05. The SMILES string of the molecule is CCc1c(-c2ccccc2)nc(-c2ccccc2)n(-c2ccc(C)cc2)c1=O. The van der Waals surface area contributed by atoms with Crippen molar-refractivity contribution in [3.63, 3.8) is 0 Å². The van der Waals surface area contributed by atoms with Gasteiger partial charge in [0.2, 0.25) is 0 Å². The van der Waals surface area contributed by atoms with Crippen LogP contribution < -0.4 is 5.56 Å². The van der Waals surface area contributed by atoms with E-state index in [0.717, 1.165) is 33.6 Å². The molecule has 1 aromatic heterocycles. The van der Waals surface area contributed by atoms with Crippen molar-refractivity contribution in [1.82, 2.24) is 9.55 Å². The van der Waals surface area contributed by atoms with Gasteiger partial charge in [0, 0.05) is 16.7 Å². The zero-order chi connectivity index (χ0) is 19.5. The highest BCUT2D eigenvalue weighted by molar-refractivity contribution is 5.68. The lowest BCUT2D eigenvalue weighted by atomic mass is 10.0. The minimum absolute atomic E-state index is 0.0148. The van der Waals surface area contributed by atoms with Gasteiger partial charge in [-0.2, -0.15) is 0 Å². The van der Waals surface area contributed by atoms with Gasteiger partial charge in [-0.05, 0) is 25.5 Å². The molecule has 0 unspecified atom stereocenters. The Morgan fingerprint density at radius 3 is 1.93 bits per heavy atom. The molecule has 0 radical (unpaired) electrons. The first-order chi connectivity index (χ1) is 13.7. The van der Waals surface area contributed by atoms with Crippen LogP contribution in [0.2, 0.25) is 0 Å². The lowest BCUT2D eigenvalue weighted by Crippen LogP contribution is -2.26. The highest BCUT2D eigenvalue weighted by atomic mass is 16.1. The van der Waals surface area contributed by atoms with Gasteiger partial charge in [0.05, 0.1) is 11.4 Å². The number of aromatic nitrogens is 2. The minimum atomic E-state index is -0.0148. The van der Waals surface area contributed by atoms with E-state index in [1.807, 2.05) is 98.8 Å². The van der Waals surface area contributed by atoms with E-state index < -0.39 is 0 Å². The maximum atomic E-state index is 13.6. The van der Waals surface area contributed by atoms with Gasteiger partial charge in [-0.3, -0.25) is 9.36 Å². The van der Waals surface area contributed by atoms with Crippen LogP contribution in [0, 0.1) is 6.92 Å². The zero-order valence-electron chi connectivity index (χ0n) is 16.1. The number of aryl methyl sites for hydroxylation is 1. The lowest BCUT2D eigenvalue weighted by molar-refractivity contribution is 0.905. The number of benzene rings is 3. The molecule has 0 aliphatic carbocycles. The van der Waals surface area contributed by atoms with Crippen molar-refractivity contribution in [2.45, 2.75) is 20.3 Å². The standard InChI is InChI=1S/C25H22N2O/c1-3-22-23(19-10-6-4-7-11-19)26-24(20-12-8-5-9-13-20)27(25(22)28)21-16-14-18(2)15-17-21/h4-17H,3H2,1-2H3. The Kier molecular flexibility index (Phi) is 4.90. The van der Waals surface area contributed by atoms with Crippen molar-refractivity contribution in [2.24, 2.45) is 0 Å². The first-order valence-electron chi connectivity index (χ1n) is 9.53. The molecule has 0 atom stereocenters. The van der Waals surface area contributed by atoms with Crippen LogP contribution in [-0.2, 0) is 6.42 Å². The predicted molar refractivity (Wildman–Crippen MR) is 115 cm³/mol. The molecule has 3 heteroatoms. The summed E-state index contributed by atoms with van der Waals surface area (Å²) in [5.41, 5.74) is 5.34. The minimum Gasteiger partial charge on any atom is -0.269 e. The first-order valence-corrected chi connectivity index (χ1v) is 9.53. The van der Waals surface area contributed by atoms with E-state index in [-0.39, 0.29) is 5.56 Å². The van der Waals surface area contributed by atoms with E-state index in [1.165, 1.54) is 0 Å². The molecule has 0 aliphatic heterocycles. The normalized spacial score (nSPS) is 10.8. The van der Waals surface area contributed by atoms with E-state index in [2.05, 4.69) is 0 Å². The fourth-order valence-corrected chi connectivity index (χ4v) is 3.42. The summed E-state index contributed by atoms with van der Waals surface area (Å²) in [6, 6.07) is 27.8. The molecule has 0 N–H and O–H groups in total. The molecule has 138 valence electrons. The van der Waals surface area contributed by atoms with Crippen molar-refractivity contribution < 1.29 is 0 Å². The van der Waals surface area contributed by atoms with Crippen LogP contribution in [0.1, 0.15) is 18.1 Å². The molecule has 28 heavy (non-hydrogen) atoms. The highest BCUT2D eigenvalue weighted by Crippen LogP contribution is 2.26. The number of hydrogen-bond acceptors (Lipinski definition) is 2. The van der Waals surface area contributed by atoms with Crippen molar-refractivity contribution in [2.75, 3.05) is 0 Å². The Morgan fingerprint density at radius 2 is 1.36 bits per heavy atom. The second kappa shape index (κ2) is 7.65. The second-order valence-electron chi connectivity index (χ2n) is 6.82. The van der Waals surface area contributed by atoms with Gasteiger partial charge >= 0.3 is 0 Å². The summed E-state index contributed by atoms with van der Waals surface area (Å²) in [5.74, 6) is 0.658. The molecule has 0 amide bonds. The van der Waals surface area contributed by atoms with Crippen LogP contribution in [0.5, 0.6) is 0 Å². The maximum Gasteiger partial charge on any atom is 0.262 e. The maximum absolute atomic E-state index is 13.6. The number of hydrogen-bond donors (Lipinski definition) is 0. The van der Waals surface area contributed by atoms with Crippen LogP contribution in [0.25, 0.3) is 28.3 Å². The van der Waals surface area contributed by atoms with Crippen molar-refractivity contribution >= 4 is 0 Å². The molecule has 0 aliphatic rings. The second-order valence-corrected chi connectivity index (χ2v) is 6.82. The van der Waals surface area contributed by atoms with Gasteiger partial charge in [-0.25, -0.2) is 4.98 Å². The van der Waals surface area contributed by atoms with Gasteiger partial charge in [-0.15, -0.1) is 0 Å². The average molecular weight is 366 g/mol. The molecule has 4 aromatic rings. The summed E-state index contributed by atoms with van der Waals surface area (Å²) in [6.07, 6.45) is 0.622. The topological polar surface area (TPSA) is 34.9 Å². The van der Waals surface area contributed by atoms with Gasteiger partial charge in [0.1, 0.15) is 5.82 Å². The third-order valence-corrected chi connectivity index (χ3v) is 4.90. The van der Waals surface area contributed by atoms with Crippen molar-refractivity contribution in [3.05, 3.63) is 106 Å². The Labute approximate surface area is 165 Å². The third kappa shape index (κ3) is 3.27. The summed E-state index contributed by atoms with van der Waals surface area (Å²) in [4.78, 5) is 18.6. The molecule has 0 saturated carbocycles. The van der Waals surface area contributed by atoms with Crippen molar-refractivity contribution in [3.8, 4) is 28.3 Å². The lowest BCUT2D eigenvalue weighted by Gasteiger charge is -2.17. The predicted octanol–water partition coefficient (Wildman–Crippen LogP) is 5.44. The van der Waals surface area contributed by atoms with Gasteiger partial charge in [-0.1, -0.05) is 85.3 Å². The summed E-state index contributed by atoms with van der Waals surface area (Å²) >= 11 is 0. The molecule has 4 rings (SSSR count). The third-order valence-electron chi connectivity index (χ3n) is 4.90. The van der Waals surface area contributed by atoms with E-state index >= 15 is 0 Å². The van der Waals surface area contributed by atoms with Crippen LogP contribution in [-0.4, -0.2) is 9.55 Å². The first kappa shape index (κ1) is 17.9. The van der Waals surface area contributed by atoms with E-state index in [4.69, 9.17) is 4.98 Å². The summed E-state index contributed by atoms with van der Waals surface area (Å²) < 4.78 is 1.74. The Morgan fingerprint density at radius 1 is 0.786 bits per heavy atom. The molecule has 3 nitrogen and oxygen atoms in total. The number of nitrogens with zero attached hydrogens (tertiary/aromatic N) is 2. The molecule has 0 spiro atoms. The van der Waals surface area contributed by atoms with E-state index in [1.54, 1.807) is 4.57 Å². The van der Waals surface area contributed by atoms with Crippen LogP contribution in [0.15, 0.2) is 89.7 Å². The van der Waals surface area contributed by atoms with E-state index in [0.29, 0.717) is 12.2 Å². The van der Waals surface area contributed by atoms with Crippen molar-refractivity contribution in [1.29, 1.82) is 0 Å². The van der Waals surface area contributed by atoms with Crippen LogP contribution in [0.4, 0.5) is 0 Å². The molecule has 0 bridgehead atoms. The molecule has 0 saturated heterocycles. The zero-order valence-corrected chi connectivity index (χ0v) is 16.1. The fourth-order valence-electron chi connectivity index (χ4n) is 3.42. The molecular formula is C25H22N2O. The smallest absolute Gasteiger partial charge is 0.262 e. The molecular weight excluding hydrogens is 344 g/mol. The molecule has 1 heterocycles. The van der Waals surface area contributed by atoms with Crippen LogP contribution in [0.3, 0.4) is 0 Å². The summed E-state index contributed by atoms with van der Waals surface area (Å²) in [7, 11) is 0. The Hall–Kier alpha value is -3.46. The average Bonchev–Trinajstić information content (AvgIpc) is 2.75. The van der Waals surface area contributed by atoms with Gasteiger partial charge < -0.3 is 0 Å². The summed E-state index contributed by atoms with van der Waals surface area (Å²) in [5, 5.41) is 0. The largest absolute Gasteiger partial charge is 0.269 e. The molecule has 3 aromatic carbocycles. The molecule has 0 fully saturated rings. The van der Waals surface area contributed by atoms with Gasteiger partial charge in [0.15, 0.2) is 0 Å². The van der Waals surface area contributed by atoms with E-state index in [9.17, 15) is 4.79 Å². The quantitative estimate of drug-likeness (QED) is 0.482. The Balaban J connectivity index is 2.08. The van der Waals surface area contributed by atoms with Crippen LogP contribution >= 0.6 is 0 Å². The fraction of sp³-hybridized carbons (Fsp3) is 0.120. The number of rotatable bonds is 4. The van der Waals surface area contributed by atoms with Gasteiger partial charge in [0.25, 0.3) is 5.56 Å². The Bertz CT molecular complexity index is 1150. The monoisotopic (exact) mass is 366 g/mol. The highest BCUT2D eigenvalue weighted by Gasteiger charge is 2.18.